The Hall–Kier alpha value is -2.81. The van der Waals surface area contributed by atoms with Crippen molar-refractivity contribution in [1.82, 2.24) is 10.6 Å². The van der Waals surface area contributed by atoms with Gasteiger partial charge in [0.05, 0.1) is 17.7 Å². The van der Waals surface area contributed by atoms with E-state index in [4.69, 9.17) is 4.74 Å². The summed E-state index contributed by atoms with van der Waals surface area (Å²) in [4.78, 5) is 13.6. The van der Waals surface area contributed by atoms with Crippen LogP contribution in [0.15, 0.2) is 59.1 Å². The van der Waals surface area contributed by atoms with Gasteiger partial charge in [-0.2, -0.15) is 0 Å². The third-order valence-electron chi connectivity index (χ3n) is 6.99. The maximum Gasteiger partial charge on any atom is 0.255 e. The van der Waals surface area contributed by atoms with Gasteiger partial charge in [0.1, 0.15) is 23.0 Å². The fourth-order valence-corrected chi connectivity index (χ4v) is 5.37. The number of aliphatic hydroxyl groups excluding tert-OH is 1. The molecule has 5 nitrogen and oxygen atoms in total. The number of carbonyl (C=O) groups is 1. The van der Waals surface area contributed by atoms with Crippen LogP contribution in [0.5, 0.6) is 5.75 Å². The first-order valence-corrected chi connectivity index (χ1v) is 14.1. The van der Waals surface area contributed by atoms with Crippen LogP contribution in [-0.2, 0) is 25.8 Å². The summed E-state index contributed by atoms with van der Waals surface area (Å²) in [7, 11) is 0. The molecule has 1 aliphatic rings. The molecule has 0 radical (unpaired) electrons. The number of ether oxygens (including phenoxy) is 1. The summed E-state index contributed by atoms with van der Waals surface area (Å²) in [6, 6.07) is 14.2. The predicted molar refractivity (Wildman–Crippen MR) is 152 cm³/mol. The van der Waals surface area contributed by atoms with Gasteiger partial charge in [0.15, 0.2) is 0 Å². The van der Waals surface area contributed by atoms with Gasteiger partial charge < -0.3 is 20.5 Å². The lowest BCUT2D eigenvalue weighted by Gasteiger charge is -2.34. The Balaban J connectivity index is 1.54. The van der Waals surface area contributed by atoms with Crippen LogP contribution in [0, 0.1) is 11.6 Å². The third kappa shape index (κ3) is 7.87. The van der Waals surface area contributed by atoms with Crippen LogP contribution in [0.1, 0.15) is 59.8 Å². The number of hydrogen-bond donors (Lipinski definition) is 3. The molecule has 0 aromatic heterocycles. The lowest BCUT2D eigenvalue weighted by molar-refractivity contribution is 0.0749. The second-order valence-electron chi connectivity index (χ2n) is 10.7. The van der Waals surface area contributed by atoms with Crippen LogP contribution < -0.4 is 15.4 Å². The van der Waals surface area contributed by atoms with Crippen molar-refractivity contribution < 1.29 is 23.4 Å². The molecule has 0 spiro atoms. The summed E-state index contributed by atoms with van der Waals surface area (Å²) in [6.45, 7) is 6.74. The Morgan fingerprint density at radius 2 is 1.79 bits per heavy atom. The highest BCUT2D eigenvalue weighted by Gasteiger charge is 2.32. The van der Waals surface area contributed by atoms with Gasteiger partial charge in [0, 0.05) is 23.6 Å². The molecule has 8 heteroatoms. The molecule has 1 amide bonds. The summed E-state index contributed by atoms with van der Waals surface area (Å²) in [5, 5.41) is 17.3. The number of rotatable bonds is 10. The number of aliphatic hydroxyl groups is 1. The maximum absolute atomic E-state index is 13.9. The van der Waals surface area contributed by atoms with Gasteiger partial charge in [0.25, 0.3) is 5.91 Å². The summed E-state index contributed by atoms with van der Waals surface area (Å²) < 4.78 is 34.8. The molecule has 0 fully saturated rings. The fraction of sp³-hybridized carbons (Fsp3) is 0.387. The normalized spacial score (nSPS) is 15.7. The van der Waals surface area contributed by atoms with Gasteiger partial charge in [-0.3, -0.25) is 4.79 Å². The van der Waals surface area contributed by atoms with Crippen molar-refractivity contribution >= 4 is 21.8 Å². The highest BCUT2D eigenvalue weighted by atomic mass is 79.9. The Kier molecular flexibility index (Phi) is 9.41. The molecule has 4 rings (SSSR count). The first-order chi connectivity index (χ1) is 18.5. The zero-order valence-corrected chi connectivity index (χ0v) is 24.1. The van der Waals surface area contributed by atoms with Gasteiger partial charge >= 0.3 is 0 Å². The number of carbonyl (C=O) groups excluding carboxylic acids is 1. The van der Waals surface area contributed by atoms with Crippen LogP contribution in [0.3, 0.4) is 0 Å². The Morgan fingerprint density at radius 1 is 1.08 bits per heavy atom. The van der Waals surface area contributed by atoms with E-state index in [0.717, 1.165) is 40.9 Å². The average molecular weight is 602 g/mol. The van der Waals surface area contributed by atoms with Gasteiger partial charge in [-0.15, -0.1) is 0 Å². The Bertz CT molecular complexity index is 1310. The SMILES string of the molecule is CCc1cccc(CNC[C@@H](O)[C@H](Cc2cc(F)cc(F)c2)NC(=O)c2cc(Br)cc3c2OC(C)(C)CC3)c1. The minimum absolute atomic E-state index is 0.0388. The summed E-state index contributed by atoms with van der Waals surface area (Å²) in [5.74, 6) is -1.34. The molecule has 0 unspecified atom stereocenters. The first-order valence-electron chi connectivity index (χ1n) is 13.3. The highest BCUT2D eigenvalue weighted by molar-refractivity contribution is 9.10. The largest absolute Gasteiger partial charge is 0.487 e. The van der Waals surface area contributed by atoms with Gasteiger partial charge in [-0.25, -0.2) is 8.78 Å². The molecule has 39 heavy (non-hydrogen) atoms. The van der Waals surface area contributed by atoms with Crippen molar-refractivity contribution in [3.05, 3.63) is 98.5 Å². The minimum atomic E-state index is -1.03. The van der Waals surface area contributed by atoms with E-state index in [0.29, 0.717) is 23.4 Å². The van der Waals surface area contributed by atoms with E-state index in [9.17, 15) is 18.7 Å². The van der Waals surface area contributed by atoms with E-state index >= 15 is 0 Å². The van der Waals surface area contributed by atoms with Gasteiger partial charge in [0.2, 0.25) is 0 Å². The molecular weight excluding hydrogens is 566 g/mol. The van der Waals surface area contributed by atoms with Crippen LogP contribution in [-0.4, -0.2) is 35.3 Å². The average Bonchev–Trinajstić information content (AvgIpc) is 2.87. The summed E-state index contributed by atoms with van der Waals surface area (Å²) in [6.07, 6.45) is 1.51. The van der Waals surface area contributed by atoms with Crippen LogP contribution in [0.4, 0.5) is 8.78 Å². The molecule has 0 bridgehead atoms. The second kappa shape index (κ2) is 12.6. The molecule has 0 saturated heterocycles. The van der Waals surface area contributed by atoms with Crippen molar-refractivity contribution in [1.29, 1.82) is 0 Å². The maximum atomic E-state index is 13.9. The number of halogens is 3. The van der Waals surface area contributed by atoms with Crippen molar-refractivity contribution in [3.8, 4) is 5.75 Å². The highest BCUT2D eigenvalue weighted by Crippen LogP contribution is 2.38. The zero-order valence-electron chi connectivity index (χ0n) is 22.5. The van der Waals surface area contributed by atoms with E-state index < -0.39 is 35.3 Å². The summed E-state index contributed by atoms with van der Waals surface area (Å²) >= 11 is 3.49. The molecule has 1 heterocycles. The molecular formula is C31H35BrF2N2O3. The third-order valence-corrected chi connectivity index (χ3v) is 7.45. The number of amides is 1. The number of hydrogen-bond acceptors (Lipinski definition) is 4. The van der Waals surface area contributed by atoms with E-state index in [-0.39, 0.29) is 13.0 Å². The van der Waals surface area contributed by atoms with Gasteiger partial charge in [-0.05, 0) is 86.1 Å². The van der Waals surface area contributed by atoms with E-state index in [1.165, 1.54) is 17.7 Å². The second-order valence-corrected chi connectivity index (χ2v) is 11.7. The number of aryl methyl sites for hydroxylation is 2. The molecule has 2 atom stereocenters. The minimum Gasteiger partial charge on any atom is -0.487 e. The molecule has 0 aliphatic carbocycles. The van der Waals surface area contributed by atoms with Crippen molar-refractivity contribution in [2.45, 2.75) is 70.7 Å². The van der Waals surface area contributed by atoms with E-state index in [1.54, 1.807) is 6.07 Å². The first kappa shape index (κ1) is 29.2. The molecule has 1 aliphatic heterocycles. The number of fused-ring (bicyclic) bond motifs is 1. The lowest BCUT2D eigenvalue weighted by atomic mass is 9.92. The molecule has 0 saturated carbocycles. The Morgan fingerprint density at radius 3 is 2.51 bits per heavy atom. The molecule has 3 N–H and O–H groups in total. The Labute approximate surface area is 237 Å². The monoisotopic (exact) mass is 600 g/mol. The van der Waals surface area contributed by atoms with Crippen LogP contribution >= 0.6 is 15.9 Å². The smallest absolute Gasteiger partial charge is 0.255 e. The molecule has 208 valence electrons. The van der Waals surface area contributed by atoms with Gasteiger partial charge in [-0.1, -0.05) is 47.1 Å². The van der Waals surface area contributed by atoms with E-state index in [1.807, 2.05) is 32.0 Å². The quantitative estimate of drug-likeness (QED) is 0.271. The van der Waals surface area contributed by atoms with Crippen molar-refractivity contribution in [2.75, 3.05) is 6.54 Å². The predicted octanol–water partition coefficient (Wildman–Crippen LogP) is 5.89. The molecule has 3 aromatic carbocycles. The zero-order chi connectivity index (χ0) is 28.2. The molecule has 3 aromatic rings. The van der Waals surface area contributed by atoms with Crippen molar-refractivity contribution in [3.63, 3.8) is 0 Å². The topological polar surface area (TPSA) is 70.6 Å². The lowest BCUT2D eigenvalue weighted by Crippen LogP contribution is -2.49. The fourth-order valence-electron chi connectivity index (χ4n) is 4.87. The standard InChI is InChI=1S/C31H35BrF2N2O3/c1-4-19-6-5-7-20(10-19)17-35-18-28(37)27(13-21-11-24(33)16-25(34)12-21)36-30(38)26-15-23(32)14-22-8-9-31(2,3)39-29(22)26/h5-7,10-12,14-16,27-28,35,37H,4,8-9,13,17-18H2,1-3H3,(H,36,38)/t27-,28+/m0/s1. The summed E-state index contributed by atoms with van der Waals surface area (Å²) in [5.41, 5.74) is 3.48. The van der Waals surface area contributed by atoms with Crippen LogP contribution in [0.25, 0.3) is 0 Å². The van der Waals surface area contributed by atoms with Crippen LogP contribution in [0.2, 0.25) is 0 Å². The number of benzene rings is 3. The number of nitrogens with one attached hydrogen (secondary N) is 2. The van der Waals surface area contributed by atoms with Crippen molar-refractivity contribution in [2.24, 2.45) is 0 Å². The van der Waals surface area contributed by atoms with E-state index in [2.05, 4.69) is 45.6 Å².